The summed E-state index contributed by atoms with van der Waals surface area (Å²) < 4.78 is 73.9. The highest BCUT2D eigenvalue weighted by atomic mass is 35.5. The van der Waals surface area contributed by atoms with Gasteiger partial charge in [-0.05, 0) is 41.0 Å². The molecule has 1 aliphatic rings. The predicted molar refractivity (Wildman–Crippen MR) is 109 cm³/mol. The molecule has 1 heterocycles. The Kier molecular flexibility index (Phi) is 5.59. The first kappa shape index (κ1) is 21.5. The van der Waals surface area contributed by atoms with Crippen LogP contribution in [0, 0.1) is 5.82 Å². The second-order valence-electron chi connectivity index (χ2n) is 6.91. The number of primary sulfonamides is 1. The molecule has 0 amide bonds. The van der Waals surface area contributed by atoms with Crippen molar-refractivity contribution in [3.63, 3.8) is 0 Å². The largest absolute Gasteiger partial charge is 0.480 e. The maximum Gasteiger partial charge on any atom is 0.387 e. The molecule has 0 fully saturated rings. The van der Waals surface area contributed by atoms with E-state index in [2.05, 4.69) is 4.74 Å². The summed E-state index contributed by atoms with van der Waals surface area (Å²) in [6, 6.07) is 13.6. The number of sulfonamides is 1. The number of hydrogen-bond donors (Lipinski definition) is 1. The van der Waals surface area contributed by atoms with Gasteiger partial charge in [-0.3, -0.25) is 0 Å². The number of ether oxygens (including phenoxy) is 2. The van der Waals surface area contributed by atoms with E-state index in [0.29, 0.717) is 27.3 Å². The van der Waals surface area contributed by atoms with Gasteiger partial charge in [-0.1, -0.05) is 41.9 Å². The molecule has 10 heteroatoms. The molecule has 0 spiro atoms. The lowest BCUT2D eigenvalue weighted by atomic mass is 9.88. The van der Waals surface area contributed by atoms with Crippen LogP contribution in [0.25, 0.3) is 11.1 Å². The minimum atomic E-state index is -3.83. The number of fused-ring (bicyclic) bond motifs is 3. The van der Waals surface area contributed by atoms with Crippen molar-refractivity contribution in [1.82, 2.24) is 0 Å². The Labute approximate surface area is 181 Å². The van der Waals surface area contributed by atoms with Crippen LogP contribution >= 0.6 is 11.6 Å². The summed E-state index contributed by atoms with van der Waals surface area (Å²) in [6.45, 7) is -3.25. The number of halogens is 4. The SMILES string of the molecule is NS(=O)(=O)Cc1ccc2c(c1)C(c1cccc(Cl)c1)Oc1ccc(F)c(OC(F)F)c1-2. The van der Waals surface area contributed by atoms with E-state index in [1.807, 2.05) is 0 Å². The monoisotopic (exact) mass is 469 g/mol. The average Bonchev–Trinajstić information content (AvgIpc) is 2.67. The quantitative estimate of drug-likeness (QED) is 0.569. The van der Waals surface area contributed by atoms with Crippen LogP contribution in [0.4, 0.5) is 13.2 Å². The fourth-order valence-electron chi connectivity index (χ4n) is 3.58. The third-order valence-electron chi connectivity index (χ3n) is 4.71. The number of nitrogens with two attached hydrogens (primary N) is 1. The first-order valence-electron chi connectivity index (χ1n) is 8.95. The van der Waals surface area contributed by atoms with Crippen LogP contribution in [0.1, 0.15) is 22.8 Å². The maximum atomic E-state index is 14.4. The van der Waals surface area contributed by atoms with E-state index in [4.69, 9.17) is 21.5 Å². The van der Waals surface area contributed by atoms with Gasteiger partial charge in [-0.25, -0.2) is 17.9 Å². The van der Waals surface area contributed by atoms with Crippen LogP contribution < -0.4 is 14.6 Å². The Morgan fingerprint density at radius 1 is 1.13 bits per heavy atom. The fraction of sp³-hybridized carbons (Fsp3) is 0.143. The Morgan fingerprint density at radius 3 is 2.58 bits per heavy atom. The van der Waals surface area contributed by atoms with Gasteiger partial charge in [0.05, 0.1) is 11.3 Å². The fourth-order valence-corrected chi connectivity index (χ4v) is 4.43. The molecule has 0 radical (unpaired) electrons. The van der Waals surface area contributed by atoms with Crippen LogP contribution in [-0.2, 0) is 15.8 Å². The molecule has 2 N–H and O–H groups in total. The summed E-state index contributed by atoms with van der Waals surface area (Å²) in [5, 5.41) is 5.59. The lowest BCUT2D eigenvalue weighted by molar-refractivity contribution is -0.0519. The third kappa shape index (κ3) is 4.48. The number of alkyl halides is 2. The second kappa shape index (κ2) is 8.07. The van der Waals surface area contributed by atoms with Gasteiger partial charge in [-0.2, -0.15) is 8.78 Å². The Bertz CT molecular complexity index is 1270. The van der Waals surface area contributed by atoms with E-state index in [9.17, 15) is 21.6 Å². The highest BCUT2D eigenvalue weighted by Gasteiger charge is 2.32. The van der Waals surface area contributed by atoms with Crippen LogP contribution in [-0.4, -0.2) is 15.0 Å². The summed E-state index contributed by atoms with van der Waals surface area (Å²) in [4.78, 5) is 0. The molecular weight excluding hydrogens is 455 g/mol. The molecule has 0 bridgehead atoms. The van der Waals surface area contributed by atoms with Crippen molar-refractivity contribution >= 4 is 21.6 Å². The van der Waals surface area contributed by atoms with Crippen molar-refractivity contribution in [3.8, 4) is 22.6 Å². The van der Waals surface area contributed by atoms with Crippen molar-refractivity contribution in [2.24, 2.45) is 5.14 Å². The molecule has 4 rings (SSSR count). The molecule has 5 nitrogen and oxygen atoms in total. The van der Waals surface area contributed by atoms with Gasteiger partial charge in [0.15, 0.2) is 11.6 Å². The zero-order valence-corrected chi connectivity index (χ0v) is 17.3. The Morgan fingerprint density at radius 2 is 1.90 bits per heavy atom. The third-order valence-corrected chi connectivity index (χ3v) is 5.68. The summed E-state index contributed by atoms with van der Waals surface area (Å²) in [6.07, 6.45) is -0.758. The molecule has 0 aliphatic carbocycles. The van der Waals surface area contributed by atoms with E-state index in [1.54, 1.807) is 24.3 Å². The lowest BCUT2D eigenvalue weighted by Crippen LogP contribution is -2.19. The first-order valence-corrected chi connectivity index (χ1v) is 11.0. The molecule has 0 aromatic heterocycles. The average molecular weight is 470 g/mol. The summed E-state index contributed by atoms with van der Waals surface area (Å²) in [7, 11) is -3.83. The summed E-state index contributed by atoms with van der Waals surface area (Å²) in [5.74, 6) is -1.95. The molecule has 1 aliphatic heterocycles. The van der Waals surface area contributed by atoms with Crippen LogP contribution in [0.3, 0.4) is 0 Å². The van der Waals surface area contributed by atoms with Crippen molar-refractivity contribution in [1.29, 1.82) is 0 Å². The van der Waals surface area contributed by atoms with Crippen LogP contribution in [0.5, 0.6) is 11.5 Å². The smallest absolute Gasteiger partial charge is 0.387 e. The maximum absolute atomic E-state index is 14.4. The van der Waals surface area contributed by atoms with Crippen molar-refractivity contribution in [2.75, 3.05) is 0 Å². The molecule has 162 valence electrons. The van der Waals surface area contributed by atoms with Crippen molar-refractivity contribution in [2.45, 2.75) is 18.5 Å². The van der Waals surface area contributed by atoms with Gasteiger partial charge in [0.1, 0.15) is 11.9 Å². The standard InChI is InChI=1S/C21H15ClF3NO4S/c22-13-3-1-2-12(9-13)19-15-8-11(10-31(26,27)28)4-5-14(15)18-17(29-19)7-6-16(23)20(18)30-21(24)25/h1-9,19,21H,10H2,(H2,26,27,28). The van der Waals surface area contributed by atoms with Gasteiger partial charge in [0.25, 0.3) is 0 Å². The molecule has 1 atom stereocenters. The topological polar surface area (TPSA) is 78.6 Å². The van der Waals surface area contributed by atoms with Gasteiger partial charge < -0.3 is 9.47 Å². The highest BCUT2D eigenvalue weighted by molar-refractivity contribution is 7.88. The van der Waals surface area contributed by atoms with E-state index in [0.717, 1.165) is 6.07 Å². The minimum absolute atomic E-state index is 0.00994. The van der Waals surface area contributed by atoms with E-state index in [-0.39, 0.29) is 11.3 Å². The molecule has 1 unspecified atom stereocenters. The number of hydrogen-bond acceptors (Lipinski definition) is 4. The molecule has 0 saturated carbocycles. The molecular formula is C21H15ClF3NO4S. The van der Waals surface area contributed by atoms with E-state index < -0.39 is 40.1 Å². The van der Waals surface area contributed by atoms with E-state index >= 15 is 0 Å². The van der Waals surface area contributed by atoms with Crippen LogP contribution in [0.15, 0.2) is 54.6 Å². The minimum Gasteiger partial charge on any atom is -0.480 e. The highest BCUT2D eigenvalue weighted by Crippen LogP contribution is 2.50. The number of benzene rings is 3. The zero-order chi connectivity index (χ0) is 22.3. The second-order valence-corrected chi connectivity index (χ2v) is 8.96. The molecule has 3 aromatic carbocycles. The van der Waals surface area contributed by atoms with Crippen LogP contribution in [0.2, 0.25) is 5.02 Å². The van der Waals surface area contributed by atoms with Gasteiger partial charge >= 0.3 is 6.61 Å². The summed E-state index contributed by atoms with van der Waals surface area (Å²) in [5.41, 5.74) is 1.79. The predicted octanol–water partition coefficient (Wildman–Crippen LogP) is 5.02. The zero-order valence-electron chi connectivity index (χ0n) is 15.7. The first-order chi connectivity index (χ1) is 14.6. The number of rotatable bonds is 5. The van der Waals surface area contributed by atoms with E-state index in [1.165, 1.54) is 24.3 Å². The summed E-state index contributed by atoms with van der Waals surface area (Å²) >= 11 is 6.11. The van der Waals surface area contributed by atoms with Gasteiger partial charge in [-0.15, -0.1) is 0 Å². The lowest BCUT2D eigenvalue weighted by Gasteiger charge is -2.31. The Hall–Kier alpha value is -2.75. The molecule has 31 heavy (non-hydrogen) atoms. The molecule has 3 aromatic rings. The van der Waals surface area contributed by atoms with Crippen molar-refractivity contribution < 1.29 is 31.1 Å². The Balaban J connectivity index is 1.95. The van der Waals surface area contributed by atoms with Crippen molar-refractivity contribution in [3.05, 3.63) is 82.1 Å². The molecule has 0 saturated heterocycles. The normalized spacial score (nSPS) is 15.2. The van der Waals surface area contributed by atoms with Gasteiger partial charge in [0, 0.05) is 10.6 Å². The van der Waals surface area contributed by atoms with Gasteiger partial charge in [0.2, 0.25) is 10.0 Å².